The zero-order chi connectivity index (χ0) is 15.8. The molecule has 2 rings (SSSR count). The summed E-state index contributed by atoms with van der Waals surface area (Å²) in [6.07, 6.45) is 3.98. The monoisotopic (exact) mass is 357 g/mol. The van der Waals surface area contributed by atoms with Gasteiger partial charge in [0.2, 0.25) is 5.91 Å². The molecule has 5 nitrogen and oxygen atoms in total. The fourth-order valence-corrected chi connectivity index (χ4v) is 4.69. The van der Waals surface area contributed by atoms with E-state index in [1.165, 1.54) is 24.6 Å². The van der Waals surface area contributed by atoms with Crippen molar-refractivity contribution in [2.24, 2.45) is 0 Å². The standard InChI is InChI=1S/C14H19N3O2S3/c1-3-4-8-20-13-15-16-14(22-13)21-10-12(18)17(2)9-11-6-5-7-19-11/h5-7H,3-4,8-10H2,1-2H3. The summed E-state index contributed by atoms with van der Waals surface area (Å²) < 4.78 is 7.07. The highest BCUT2D eigenvalue weighted by Crippen LogP contribution is 2.29. The molecule has 0 radical (unpaired) electrons. The summed E-state index contributed by atoms with van der Waals surface area (Å²) in [5, 5.41) is 8.27. The van der Waals surface area contributed by atoms with Gasteiger partial charge < -0.3 is 9.32 Å². The van der Waals surface area contributed by atoms with E-state index in [1.54, 1.807) is 41.3 Å². The average Bonchev–Trinajstić information content (AvgIpc) is 3.17. The third-order valence-corrected chi connectivity index (χ3v) is 6.09. The number of thioether (sulfide) groups is 2. The van der Waals surface area contributed by atoms with Crippen molar-refractivity contribution < 1.29 is 9.21 Å². The van der Waals surface area contributed by atoms with Gasteiger partial charge in [-0.25, -0.2) is 0 Å². The van der Waals surface area contributed by atoms with Crippen LogP contribution in [0, 0.1) is 0 Å². The molecular formula is C14H19N3O2S3. The molecule has 120 valence electrons. The molecule has 0 bridgehead atoms. The second-order valence-corrected chi connectivity index (χ2v) is 8.20. The Labute approximate surface area is 142 Å². The van der Waals surface area contributed by atoms with Gasteiger partial charge in [-0.3, -0.25) is 4.79 Å². The summed E-state index contributed by atoms with van der Waals surface area (Å²) in [4.78, 5) is 13.7. The summed E-state index contributed by atoms with van der Waals surface area (Å²) in [5.41, 5.74) is 0. The van der Waals surface area contributed by atoms with Crippen molar-refractivity contribution in [2.45, 2.75) is 35.0 Å². The van der Waals surface area contributed by atoms with Crippen molar-refractivity contribution in [1.82, 2.24) is 15.1 Å². The molecule has 1 amide bonds. The Kier molecular flexibility index (Phi) is 7.28. The van der Waals surface area contributed by atoms with Gasteiger partial charge in [0.15, 0.2) is 8.68 Å². The van der Waals surface area contributed by atoms with Gasteiger partial charge in [-0.1, -0.05) is 48.2 Å². The maximum Gasteiger partial charge on any atom is 0.233 e. The molecule has 0 spiro atoms. The zero-order valence-corrected chi connectivity index (χ0v) is 15.1. The number of rotatable bonds is 9. The SMILES string of the molecule is CCCCSc1nnc(SCC(=O)N(C)Cc2ccco2)s1. The Balaban J connectivity index is 1.73. The van der Waals surface area contributed by atoms with Crippen molar-refractivity contribution in [3.05, 3.63) is 24.2 Å². The van der Waals surface area contributed by atoms with E-state index in [4.69, 9.17) is 4.42 Å². The minimum Gasteiger partial charge on any atom is -0.467 e. The van der Waals surface area contributed by atoms with Crippen LogP contribution in [0.4, 0.5) is 0 Å². The molecule has 8 heteroatoms. The highest BCUT2D eigenvalue weighted by Gasteiger charge is 2.13. The fraction of sp³-hybridized carbons (Fsp3) is 0.500. The number of carbonyl (C=O) groups excluding carboxylic acids is 1. The lowest BCUT2D eigenvalue weighted by Crippen LogP contribution is -2.27. The minimum absolute atomic E-state index is 0.0526. The first-order chi connectivity index (χ1) is 10.7. The van der Waals surface area contributed by atoms with Crippen LogP contribution in [-0.2, 0) is 11.3 Å². The smallest absolute Gasteiger partial charge is 0.233 e. The first kappa shape index (κ1) is 17.4. The first-order valence-electron chi connectivity index (χ1n) is 7.04. The summed E-state index contributed by atoms with van der Waals surface area (Å²) >= 11 is 4.73. The van der Waals surface area contributed by atoms with Crippen LogP contribution < -0.4 is 0 Å². The summed E-state index contributed by atoms with van der Waals surface area (Å²) in [7, 11) is 1.78. The molecule has 2 aromatic heterocycles. The summed E-state index contributed by atoms with van der Waals surface area (Å²) in [6.45, 7) is 2.66. The Bertz CT molecular complexity index is 572. The Hall–Kier alpha value is -0.990. The minimum atomic E-state index is 0.0526. The lowest BCUT2D eigenvalue weighted by Gasteiger charge is -2.14. The average molecular weight is 358 g/mol. The van der Waals surface area contributed by atoms with Crippen LogP contribution in [0.5, 0.6) is 0 Å². The quantitative estimate of drug-likeness (QED) is 0.503. The molecule has 0 aliphatic heterocycles. The van der Waals surface area contributed by atoms with Crippen LogP contribution in [0.3, 0.4) is 0 Å². The van der Waals surface area contributed by atoms with Crippen molar-refractivity contribution >= 4 is 40.8 Å². The van der Waals surface area contributed by atoms with Gasteiger partial charge in [0.25, 0.3) is 0 Å². The van der Waals surface area contributed by atoms with E-state index in [1.807, 2.05) is 12.1 Å². The summed E-state index contributed by atoms with van der Waals surface area (Å²) in [5.74, 6) is 2.27. The van der Waals surface area contributed by atoms with E-state index in [0.717, 1.165) is 20.2 Å². The molecule has 0 unspecified atom stereocenters. The number of hydrogen-bond acceptors (Lipinski definition) is 7. The number of nitrogens with zero attached hydrogens (tertiary/aromatic N) is 3. The second kappa shape index (κ2) is 9.22. The molecule has 0 aliphatic rings. The first-order valence-corrected chi connectivity index (χ1v) is 9.83. The van der Waals surface area contributed by atoms with E-state index in [2.05, 4.69) is 17.1 Å². The predicted molar refractivity (Wildman–Crippen MR) is 91.4 cm³/mol. The lowest BCUT2D eigenvalue weighted by atomic mass is 10.4. The van der Waals surface area contributed by atoms with Crippen LogP contribution in [0.25, 0.3) is 0 Å². The maximum absolute atomic E-state index is 12.1. The van der Waals surface area contributed by atoms with Crippen molar-refractivity contribution in [2.75, 3.05) is 18.6 Å². The third kappa shape index (κ3) is 5.66. The van der Waals surface area contributed by atoms with Crippen molar-refractivity contribution in [3.8, 4) is 0 Å². The van der Waals surface area contributed by atoms with Crippen molar-refractivity contribution in [1.29, 1.82) is 0 Å². The van der Waals surface area contributed by atoms with Gasteiger partial charge in [-0.15, -0.1) is 10.2 Å². The number of hydrogen-bond donors (Lipinski definition) is 0. The lowest BCUT2D eigenvalue weighted by molar-refractivity contribution is -0.127. The molecular weight excluding hydrogens is 338 g/mol. The molecule has 0 atom stereocenters. The normalized spacial score (nSPS) is 10.8. The van der Waals surface area contributed by atoms with Gasteiger partial charge in [0.1, 0.15) is 5.76 Å². The molecule has 22 heavy (non-hydrogen) atoms. The topological polar surface area (TPSA) is 59.2 Å². The highest BCUT2D eigenvalue weighted by molar-refractivity contribution is 8.03. The van der Waals surface area contributed by atoms with E-state index in [9.17, 15) is 4.79 Å². The van der Waals surface area contributed by atoms with Gasteiger partial charge in [-0.05, 0) is 18.6 Å². The van der Waals surface area contributed by atoms with E-state index in [-0.39, 0.29) is 5.91 Å². The van der Waals surface area contributed by atoms with Gasteiger partial charge in [0, 0.05) is 12.8 Å². The molecule has 0 saturated heterocycles. The molecule has 0 saturated carbocycles. The third-order valence-electron chi connectivity index (χ3n) is 2.83. The largest absolute Gasteiger partial charge is 0.467 e. The number of unbranched alkanes of at least 4 members (excludes halogenated alkanes) is 1. The van der Waals surface area contributed by atoms with Gasteiger partial charge >= 0.3 is 0 Å². The number of furan rings is 1. The molecule has 0 aliphatic carbocycles. The second-order valence-electron chi connectivity index (χ2n) is 4.65. The molecule has 0 aromatic carbocycles. The zero-order valence-electron chi connectivity index (χ0n) is 12.7. The number of amides is 1. The van der Waals surface area contributed by atoms with Crippen LogP contribution in [0.1, 0.15) is 25.5 Å². The Morgan fingerprint density at radius 2 is 2.14 bits per heavy atom. The maximum atomic E-state index is 12.1. The van der Waals surface area contributed by atoms with Crippen LogP contribution in [-0.4, -0.2) is 39.6 Å². The number of carbonyl (C=O) groups is 1. The van der Waals surface area contributed by atoms with Gasteiger partial charge in [-0.2, -0.15) is 0 Å². The molecule has 0 N–H and O–H groups in total. The Morgan fingerprint density at radius 3 is 2.82 bits per heavy atom. The molecule has 2 heterocycles. The van der Waals surface area contributed by atoms with E-state index >= 15 is 0 Å². The molecule has 0 fully saturated rings. The number of aromatic nitrogens is 2. The highest BCUT2D eigenvalue weighted by atomic mass is 32.2. The van der Waals surface area contributed by atoms with Crippen LogP contribution >= 0.6 is 34.9 Å². The fourth-order valence-electron chi connectivity index (χ4n) is 1.58. The van der Waals surface area contributed by atoms with Gasteiger partial charge in [0.05, 0.1) is 18.6 Å². The predicted octanol–water partition coefficient (Wildman–Crippen LogP) is 3.77. The Morgan fingerprint density at radius 1 is 1.36 bits per heavy atom. The van der Waals surface area contributed by atoms with E-state index in [0.29, 0.717) is 12.3 Å². The van der Waals surface area contributed by atoms with Crippen LogP contribution in [0.15, 0.2) is 31.5 Å². The molecule has 2 aromatic rings. The summed E-state index contributed by atoms with van der Waals surface area (Å²) in [6, 6.07) is 3.68. The van der Waals surface area contributed by atoms with Crippen LogP contribution in [0.2, 0.25) is 0 Å². The van der Waals surface area contributed by atoms with Crippen molar-refractivity contribution in [3.63, 3.8) is 0 Å². The van der Waals surface area contributed by atoms with E-state index < -0.39 is 0 Å².